The summed E-state index contributed by atoms with van der Waals surface area (Å²) >= 11 is 0. The first-order valence-electron chi connectivity index (χ1n) is 10.4. The summed E-state index contributed by atoms with van der Waals surface area (Å²) in [6.45, 7) is 5.81. The van der Waals surface area contributed by atoms with Crippen LogP contribution in [0.5, 0.6) is 0 Å². The Kier molecular flexibility index (Phi) is 4.92. The Balaban J connectivity index is 1.96. The summed E-state index contributed by atoms with van der Waals surface area (Å²) < 4.78 is 0. The van der Waals surface area contributed by atoms with Crippen molar-refractivity contribution in [2.24, 2.45) is 5.41 Å². The average Bonchev–Trinajstić information content (AvgIpc) is 2.81. The van der Waals surface area contributed by atoms with Crippen molar-refractivity contribution in [3.05, 3.63) is 65.4 Å². The van der Waals surface area contributed by atoms with Gasteiger partial charge in [-0.3, -0.25) is 14.5 Å². The second kappa shape index (κ2) is 7.31. The van der Waals surface area contributed by atoms with Gasteiger partial charge in [0, 0.05) is 44.4 Å². The van der Waals surface area contributed by atoms with Gasteiger partial charge in [0.25, 0.3) is 0 Å². The first-order chi connectivity index (χ1) is 14.2. The van der Waals surface area contributed by atoms with Crippen molar-refractivity contribution in [3.8, 4) is 0 Å². The lowest BCUT2D eigenvalue weighted by atomic mass is 9.73. The second-order valence-electron chi connectivity index (χ2n) is 9.25. The third kappa shape index (κ3) is 3.49. The van der Waals surface area contributed by atoms with Gasteiger partial charge in [-0.15, -0.1) is 0 Å². The highest BCUT2D eigenvalue weighted by Crippen LogP contribution is 2.48. The number of anilines is 3. The zero-order valence-corrected chi connectivity index (χ0v) is 18.3. The second-order valence-corrected chi connectivity index (χ2v) is 9.25. The molecular formula is C25H29N3O2. The molecule has 0 saturated heterocycles. The van der Waals surface area contributed by atoms with Crippen molar-refractivity contribution in [1.82, 2.24) is 0 Å². The van der Waals surface area contributed by atoms with Crippen LogP contribution < -0.4 is 15.1 Å². The van der Waals surface area contributed by atoms with Gasteiger partial charge in [0.05, 0.1) is 17.4 Å². The number of nitrogens with zero attached hydrogens (tertiary/aromatic N) is 2. The number of rotatable bonds is 2. The monoisotopic (exact) mass is 403 g/mol. The van der Waals surface area contributed by atoms with E-state index in [-0.39, 0.29) is 17.1 Å². The van der Waals surface area contributed by atoms with Crippen LogP contribution in [0.2, 0.25) is 0 Å². The Labute approximate surface area is 178 Å². The largest absolute Gasteiger partial charge is 0.378 e. The van der Waals surface area contributed by atoms with Crippen LogP contribution in [-0.2, 0) is 9.59 Å². The molecule has 0 bridgehead atoms. The Bertz CT molecular complexity index is 1030. The fourth-order valence-corrected chi connectivity index (χ4v) is 4.61. The van der Waals surface area contributed by atoms with Crippen molar-refractivity contribution in [1.29, 1.82) is 0 Å². The van der Waals surface area contributed by atoms with Crippen molar-refractivity contribution in [2.75, 3.05) is 29.2 Å². The highest BCUT2D eigenvalue weighted by Gasteiger charge is 2.42. The molecule has 4 rings (SSSR count). The molecule has 1 atom stereocenters. The molecule has 5 heteroatoms. The molecule has 1 N–H and O–H groups in total. The van der Waals surface area contributed by atoms with Gasteiger partial charge < -0.3 is 10.2 Å². The minimum absolute atomic E-state index is 0.0858. The molecule has 156 valence electrons. The van der Waals surface area contributed by atoms with Gasteiger partial charge in [0.15, 0.2) is 5.78 Å². The van der Waals surface area contributed by atoms with Gasteiger partial charge in [-0.2, -0.15) is 0 Å². The summed E-state index contributed by atoms with van der Waals surface area (Å²) in [6, 6.07) is 15.5. The van der Waals surface area contributed by atoms with Crippen LogP contribution in [0.4, 0.5) is 17.1 Å². The summed E-state index contributed by atoms with van der Waals surface area (Å²) in [5.74, 6) is 0.0202. The molecule has 0 unspecified atom stereocenters. The molecule has 2 aromatic rings. The van der Waals surface area contributed by atoms with E-state index in [9.17, 15) is 9.59 Å². The standard InChI is InChI=1S/C25H29N3O2/c1-16(29)28-21-9-7-6-8-19(21)26-20-14-25(2,3)15-22(30)23(20)24(28)17-10-12-18(13-11-17)27(4)5/h6-13,24,26H,14-15H2,1-5H3/t24-/m1/s1. The number of allylic oxidation sites excluding steroid dienone is 1. The van der Waals surface area contributed by atoms with E-state index in [2.05, 4.69) is 19.2 Å². The van der Waals surface area contributed by atoms with E-state index in [0.29, 0.717) is 12.0 Å². The topological polar surface area (TPSA) is 52.7 Å². The molecule has 5 nitrogen and oxygen atoms in total. The van der Waals surface area contributed by atoms with Crippen LogP contribution in [0, 0.1) is 5.41 Å². The molecular weight excluding hydrogens is 374 g/mol. The van der Waals surface area contributed by atoms with Crippen molar-refractivity contribution in [2.45, 2.75) is 39.7 Å². The number of hydrogen-bond acceptors (Lipinski definition) is 4. The van der Waals surface area contributed by atoms with Crippen molar-refractivity contribution >= 4 is 28.8 Å². The van der Waals surface area contributed by atoms with E-state index in [1.54, 1.807) is 11.8 Å². The predicted octanol–water partition coefficient (Wildman–Crippen LogP) is 4.92. The number of amides is 1. The lowest BCUT2D eigenvalue weighted by Gasteiger charge is -2.37. The van der Waals surface area contributed by atoms with Crippen LogP contribution in [0.25, 0.3) is 0 Å². The van der Waals surface area contributed by atoms with Gasteiger partial charge in [-0.1, -0.05) is 38.1 Å². The number of carbonyl (C=O) groups excluding carboxylic acids is 2. The number of fused-ring (bicyclic) bond motifs is 1. The van der Waals surface area contributed by atoms with Crippen LogP contribution >= 0.6 is 0 Å². The number of nitrogens with one attached hydrogen (secondary N) is 1. The van der Waals surface area contributed by atoms with E-state index in [4.69, 9.17) is 0 Å². The quantitative estimate of drug-likeness (QED) is 0.774. The van der Waals surface area contributed by atoms with E-state index in [0.717, 1.165) is 34.7 Å². The molecule has 0 saturated carbocycles. The summed E-state index contributed by atoms with van der Waals surface area (Å²) in [5.41, 5.74) is 5.18. The molecule has 1 aliphatic carbocycles. The molecule has 0 spiro atoms. The molecule has 0 aromatic heterocycles. The normalized spacial score (nSPS) is 20.1. The summed E-state index contributed by atoms with van der Waals surface area (Å²) in [7, 11) is 3.99. The number of carbonyl (C=O) groups is 2. The maximum Gasteiger partial charge on any atom is 0.224 e. The minimum Gasteiger partial charge on any atom is -0.378 e. The third-order valence-corrected chi connectivity index (χ3v) is 5.97. The molecule has 30 heavy (non-hydrogen) atoms. The Hall–Kier alpha value is -3.08. The van der Waals surface area contributed by atoms with E-state index >= 15 is 0 Å². The minimum atomic E-state index is -0.450. The Morgan fingerprint density at radius 3 is 2.37 bits per heavy atom. The van der Waals surface area contributed by atoms with Crippen molar-refractivity contribution < 1.29 is 9.59 Å². The Morgan fingerprint density at radius 1 is 1.07 bits per heavy atom. The number of ketones is 1. The Morgan fingerprint density at radius 2 is 1.73 bits per heavy atom. The van der Waals surface area contributed by atoms with Gasteiger partial charge >= 0.3 is 0 Å². The average molecular weight is 404 g/mol. The van der Waals surface area contributed by atoms with Crippen LogP contribution in [0.3, 0.4) is 0 Å². The number of hydrogen-bond donors (Lipinski definition) is 1. The van der Waals surface area contributed by atoms with E-state index in [1.807, 2.05) is 67.5 Å². The molecule has 1 amide bonds. The highest BCUT2D eigenvalue weighted by atomic mass is 16.2. The highest BCUT2D eigenvalue weighted by molar-refractivity contribution is 6.05. The van der Waals surface area contributed by atoms with Crippen LogP contribution in [-0.4, -0.2) is 25.8 Å². The van der Waals surface area contributed by atoms with E-state index < -0.39 is 6.04 Å². The third-order valence-electron chi connectivity index (χ3n) is 5.97. The maximum absolute atomic E-state index is 13.4. The molecule has 2 aromatic carbocycles. The summed E-state index contributed by atoms with van der Waals surface area (Å²) in [4.78, 5) is 30.2. The first kappa shape index (κ1) is 20.2. The smallest absolute Gasteiger partial charge is 0.224 e. The first-order valence-corrected chi connectivity index (χ1v) is 10.4. The summed E-state index contributed by atoms with van der Waals surface area (Å²) in [6.07, 6.45) is 1.24. The molecule has 1 aliphatic heterocycles. The SMILES string of the molecule is CC(=O)N1c2ccccc2NC2=C(C(=O)CC(C)(C)C2)[C@H]1c1ccc(N(C)C)cc1. The lowest BCUT2D eigenvalue weighted by Crippen LogP contribution is -2.38. The van der Waals surface area contributed by atoms with Gasteiger partial charge in [0.2, 0.25) is 5.91 Å². The molecule has 2 aliphatic rings. The summed E-state index contributed by atoms with van der Waals surface area (Å²) in [5, 5.41) is 3.52. The predicted molar refractivity (Wildman–Crippen MR) is 122 cm³/mol. The zero-order valence-electron chi connectivity index (χ0n) is 18.3. The van der Waals surface area contributed by atoms with Crippen LogP contribution in [0.1, 0.15) is 45.2 Å². The number of para-hydroxylation sites is 2. The van der Waals surface area contributed by atoms with E-state index in [1.165, 1.54) is 0 Å². The van der Waals surface area contributed by atoms with Gasteiger partial charge in [0.1, 0.15) is 0 Å². The molecule has 1 heterocycles. The molecule has 0 fully saturated rings. The number of Topliss-reactive ketones (excluding diaryl/α,β-unsaturated/α-hetero) is 1. The molecule has 0 radical (unpaired) electrons. The maximum atomic E-state index is 13.4. The van der Waals surface area contributed by atoms with Crippen molar-refractivity contribution in [3.63, 3.8) is 0 Å². The van der Waals surface area contributed by atoms with Gasteiger partial charge in [-0.25, -0.2) is 0 Å². The fraction of sp³-hybridized carbons (Fsp3) is 0.360. The fourth-order valence-electron chi connectivity index (χ4n) is 4.61. The number of benzene rings is 2. The van der Waals surface area contributed by atoms with Crippen LogP contribution in [0.15, 0.2) is 59.8 Å². The lowest BCUT2D eigenvalue weighted by molar-refractivity contribution is -0.118. The van der Waals surface area contributed by atoms with Gasteiger partial charge in [-0.05, 0) is 41.7 Å². The zero-order chi connectivity index (χ0) is 21.6.